The van der Waals surface area contributed by atoms with Crippen molar-refractivity contribution < 1.29 is 18.3 Å². The summed E-state index contributed by atoms with van der Waals surface area (Å²) in [5.74, 6) is -1.54. The fraction of sp³-hybridized carbons (Fsp3) is 0.227. The van der Waals surface area contributed by atoms with Gasteiger partial charge >= 0.3 is 5.97 Å². The average Bonchev–Trinajstić information content (AvgIpc) is 3.21. The molecule has 1 aromatic heterocycles. The van der Waals surface area contributed by atoms with E-state index in [4.69, 9.17) is 0 Å². The van der Waals surface area contributed by atoms with E-state index >= 15 is 0 Å². The molecule has 0 amide bonds. The molecule has 8 heteroatoms. The molecular weight excluding hydrogens is 420 g/mol. The van der Waals surface area contributed by atoms with Crippen LogP contribution in [0, 0.1) is 0 Å². The van der Waals surface area contributed by atoms with E-state index in [9.17, 15) is 18.3 Å². The van der Waals surface area contributed by atoms with Crippen LogP contribution in [-0.2, 0) is 14.8 Å². The molecule has 1 aliphatic rings. The van der Waals surface area contributed by atoms with E-state index in [1.54, 1.807) is 6.07 Å². The van der Waals surface area contributed by atoms with Gasteiger partial charge in [-0.15, -0.1) is 11.3 Å². The van der Waals surface area contributed by atoms with Gasteiger partial charge in [-0.25, -0.2) is 8.42 Å². The third kappa shape index (κ3) is 3.74. The van der Waals surface area contributed by atoms with Gasteiger partial charge in [0.25, 0.3) is 10.0 Å². The first-order valence-electron chi connectivity index (χ1n) is 9.43. The lowest BCUT2D eigenvalue weighted by molar-refractivity contribution is -0.140. The zero-order chi connectivity index (χ0) is 21.5. The number of benzene rings is 2. The van der Waals surface area contributed by atoms with Crippen molar-refractivity contribution in [1.82, 2.24) is 4.72 Å². The van der Waals surface area contributed by atoms with Crippen molar-refractivity contribution in [2.75, 3.05) is 19.0 Å². The lowest BCUT2D eigenvalue weighted by atomic mass is 10.1. The highest BCUT2D eigenvalue weighted by Crippen LogP contribution is 2.52. The second-order valence-electron chi connectivity index (χ2n) is 7.61. The summed E-state index contributed by atoms with van der Waals surface area (Å²) in [5.41, 5.74) is 1.27. The number of nitrogens with zero attached hydrogens (tertiary/aromatic N) is 1. The summed E-state index contributed by atoms with van der Waals surface area (Å²) in [7, 11) is -0.0632. The van der Waals surface area contributed by atoms with Crippen LogP contribution in [0.1, 0.15) is 17.9 Å². The predicted molar refractivity (Wildman–Crippen MR) is 119 cm³/mol. The Balaban J connectivity index is 1.58. The van der Waals surface area contributed by atoms with Crippen molar-refractivity contribution in [2.24, 2.45) is 0 Å². The fourth-order valence-corrected chi connectivity index (χ4v) is 6.29. The number of aliphatic carboxylic acids is 1. The van der Waals surface area contributed by atoms with Gasteiger partial charge in [0.15, 0.2) is 0 Å². The highest BCUT2D eigenvalue weighted by molar-refractivity contribution is 7.91. The maximum absolute atomic E-state index is 13.0. The van der Waals surface area contributed by atoms with E-state index in [2.05, 4.69) is 4.72 Å². The van der Waals surface area contributed by atoms with Crippen LogP contribution in [0.2, 0.25) is 0 Å². The second kappa shape index (κ2) is 7.54. The van der Waals surface area contributed by atoms with Gasteiger partial charge in [0.1, 0.15) is 9.75 Å². The normalized spacial score (nSPS) is 20.7. The molecule has 1 fully saturated rings. The minimum atomic E-state index is -3.97. The second-order valence-corrected chi connectivity index (χ2v) is 10.6. The first-order valence-corrected chi connectivity index (χ1v) is 11.7. The van der Waals surface area contributed by atoms with E-state index < -0.39 is 21.5 Å². The molecule has 4 rings (SSSR count). The summed E-state index contributed by atoms with van der Waals surface area (Å²) in [5, 5.41) is 9.77. The Bertz CT molecular complexity index is 1170. The van der Waals surface area contributed by atoms with Crippen LogP contribution in [-0.4, -0.2) is 39.1 Å². The van der Waals surface area contributed by atoms with E-state index in [0.717, 1.165) is 33.0 Å². The monoisotopic (exact) mass is 442 g/mol. The number of nitrogens with one attached hydrogen (secondary N) is 1. The number of carboxylic acid groups (broad SMARTS) is 1. The smallest absolute Gasteiger partial charge is 0.325 e. The summed E-state index contributed by atoms with van der Waals surface area (Å²) in [6, 6.07) is 20.2. The first-order chi connectivity index (χ1) is 14.2. The number of hydrogen-bond donors (Lipinski definition) is 2. The van der Waals surface area contributed by atoms with Crippen LogP contribution in [0.5, 0.6) is 0 Å². The lowest BCUT2D eigenvalue weighted by Crippen LogP contribution is -2.44. The van der Waals surface area contributed by atoms with Crippen LogP contribution < -0.4 is 9.62 Å². The molecule has 0 aliphatic heterocycles. The Labute approximate surface area is 179 Å². The van der Waals surface area contributed by atoms with Crippen LogP contribution in [0.3, 0.4) is 0 Å². The minimum absolute atomic E-state index is 0.105. The topological polar surface area (TPSA) is 86.7 Å². The summed E-state index contributed by atoms with van der Waals surface area (Å²) in [4.78, 5) is 14.8. The molecule has 3 aromatic rings. The average molecular weight is 443 g/mol. The minimum Gasteiger partial charge on any atom is -0.480 e. The molecular formula is C22H22N2O4S2. The highest BCUT2D eigenvalue weighted by atomic mass is 32.2. The van der Waals surface area contributed by atoms with Crippen LogP contribution in [0.25, 0.3) is 10.4 Å². The molecule has 0 spiro atoms. The Kier molecular flexibility index (Phi) is 5.17. The molecule has 6 nitrogen and oxygen atoms in total. The predicted octanol–water partition coefficient (Wildman–Crippen LogP) is 3.77. The quantitative estimate of drug-likeness (QED) is 0.582. The number of hydrogen-bond acceptors (Lipinski definition) is 5. The molecule has 2 atom stereocenters. The van der Waals surface area contributed by atoms with Crippen LogP contribution in [0.15, 0.2) is 70.9 Å². The molecule has 1 aliphatic carbocycles. The van der Waals surface area contributed by atoms with Crippen molar-refractivity contribution in [3.63, 3.8) is 0 Å². The number of anilines is 1. The van der Waals surface area contributed by atoms with Crippen molar-refractivity contribution in [3.05, 3.63) is 72.3 Å². The SMILES string of the molecule is CN(C)c1ccc(-c2ccc(S(=O)(=O)N[C@]3(C(=O)O)C[C@H]3c3ccccc3)s2)cc1. The number of thiophene rings is 1. The molecule has 0 bridgehead atoms. The van der Waals surface area contributed by atoms with Gasteiger partial charge in [-0.2, -0.15) is 4.72 Å². The van der Waals surface area contributed by atoms with Gasteiger partial charge in [0, 0.05) is 30.6 Å². The first kappa shape index (κ1) is 20.6. The molecule has 30 heavy (non-hydrogen) atoms. The van der Waals surface area contributed by atoms with Crippen molar-refractivity contribution >= 4 is 33.0 Å². The molecule has 0 saturated heterocycles. The van der Waals surface area contributed by atoms with E-state index in [-0.39, 0.29) is 16.5 Å². The van der Waals surface area contributed by atoms with E-state index in [0.29, 0.717) is 0 Å². The van der Waals surface area contributed by atoms with Gasteiger partial charge in [0.05, 0.1) is 0 Å². The molecule has 0 radical (unpaired) electrons. The summed E-state index contributed by atoms with van der Waals surface area (Å²) in [6.45, 7) is 0. The van der Waals surface area contributed by atoms with Crippen molar-refractivity contribution in [1.29, 1.82) is 0 Å². The van der Waals surface area contributed by atoms with Gasteiger partial charge < -0.3 is 10.0 Å². The van der Waals surface area contributed by atoms with Gasteiger partial charge in [-0.1, -0.05) is 42.5 Å². The zero-order valence-electron chi connectivity index (χ0n) is 16.6. The van der Waals surface area contributed by atoms with E-state index in [1.165, 1.54) is 6.07 Å². The number of rotatable bonds is 7. The Morgan fingerprint density at radius 2 is 1.73 bits per heavy atom. The zero-order valence-corrected chi connectivity index (χ0v) is 18.2. The third-order valence-electron chi connectivity index (χ3n) is 5.38. The maximum atomic E-state index is 13.0. The summed E-state index contributed by atoms with van der Waals surface area (Å²) >= 11 is 1.13. The summed E-state index contributed by atoms with van der Waals surface area (Å²) in [6.07, 6.45) is 0.232. The lowest BCUT2D eigenvalue weighted by Gasteiger charge is -2.14. The van der Waals surface area contributed by atoms with Gasteiger partial charge in [0.2, 0.25) is 0 Å². The van der Waals surface area contributed by atoms with Gasteiger partial charge in [-0.3, -0.25) is 4.79 Å². The Morgan fingerprint density at radius 1 is 1.07 bits per heavy atom. The molecule has 156 valence electrons. The fourth-order valence-electron chi connectivity index (χ4n) is 3.58. The maximum Gasteiger partial charge on any atom is 0.325 e. The molecule has 2 N–H and O–H groups in total. The van der Waals surface area contributed by atoms with E-state index in [1.807, 2.05) is 73.6 Å². The Hall–Kier alpha value is -2.68. The third-order valence-corrected chi connectivity index (χ3v) is 8.51. The largest absolute Gasteiger partial charge is 0.480 e. The highest BCUT2D eigenvalue weighted by Gasteiger charge is 2.63. The number of carboxylic acids is 1. The number of carbonyl (C=O) groups is 1. The molecule has 1 saturated carbocycles. The molecule has 0 unspecified atom stereocenters. The van der Waals surface area contributed by atoms with Crippen LogP contribution in [0.4, 0.5) is 5.69 Å². The number of sulfonamides is 1. The Morgan fingerprint density at radius 3 is 2.33 bits per heavy atom. The summed E-state index contributed by atoms with van der Waals surface area (Å²) < 4.78 is 28.6. The molecule has 2 aromatic carbocycles. The van der Waals surface area contributed by atoms with Crippen molar-refractivity contribution in [2.45, 2.75) is 22.1 Å². The standard InChI is InChI=1S/C22H22N2O4S2/c1-24(2)17-10-8-16(9-11-17)19-12-13-20(29-19)30(27,28)23-22(21(25)26)14-18(22)15-6-4-3-5-7-15/h3-13,18,23H,14H2,1-2H3,(H,25,26)/t18-,22+/m0/s1. The van der Waals surface area contributed by atoms with Gasteiger partial charge in [-0.05, 0) is 41.8 Å². The van der Waals surface area contributed by atoms with Crippen molar-refractivity contribution in [3.8, 4) is 10.4 Å². The molecule has 1 heterocycles. The van der Waals surface area contributed by atoms with Crippen LogP contribution >= 0.6 is 11.3 Å².